The van der Waals surface area contributed by atoms with Crippen LogP contribution in [-0.4, -0.2) is 39.4 Å². The van der Waals surface area contributed by atoms with E-state index in [2.05, 4.69) is 35.0 Å². The highest BCUT2D eigenvalue weighted by Gasteiger charge is 2.16. The van der Waals surface area contributed by atoms with Gasteiger partial charge in [0.2, 0.25) is 10.0 Å². The Labute approximate surface area is 257 Å². The molecule has 1 atom stereocenters. The Morgan fingerprint density at radius 3 is 2.21 bits per heavy atom. The van der Waals surface area contributed by atoms with Gasteiger partial charge in [-0.2, -0.15) is 0 Å². The molecule has 43 heavy (non-hydrogen) atoms. The molecule has 0 bridgehead atoms. The Bertz CT molecular complexity index is 1610. The highest BCUT2D eigenvalue weighted by atomic mass is 32.2. The van der Waals surface area contributed by atoms with Crippen molar-refractivity contribution in [1.82, 2.24) is 19.8 Å². The summed E-state index contributed by atoms with van der Waals surface area (Å²) in [6.45, 7) is 14.1. The quantitative estimate of drug-likeness (QED) is 0.194. The normalized spacial score (nSPS) is 13.3. The Kier molecular flexibility index (Phi) is 11.7. The van der Waals surface area contributed by atoms with Crippen LogP contribution in [0.3, 0.4) is 0 Å². The van der Waals surface area contributed by atoms with E-state index in [1.807, 2.05) is 87.8 Å². The third-order valence-electron chi connectivity index (χ3n) is 7.57. The summed E-state index contributed by atoms with van der Waals surface area (Å²) in [5.41, 5.74) is 6.07. The smallest absolute Gasteiger partial charge is 0.240 e. The number of rotatable bonds is 14. The summed E-state index contributed by atoms with van der Waals surface area (Å²) in [5.74, 6) is 0.230. The lowest BCUT2D eigenvalue weighted by atomic mass is 10.0. The van der Waals surface area contributed by atoms with E-state index < -0.39 is 15.9 Å². The molecular formula is C35H43FN4O2S. The van der Waals surface area contributed by atoms with Gasteiger partial charge >= 0.3 is 0 Å². The lowest BCUT2D eigenvalue weighted by Gasteiger charge is -2.25. The fraction of sp³-hybridized carbons (Fsp3) is 0.257. The SMILES string of the molecule is C=C/C(F)=C(/C)N(C)/C(=C\C(=C)c1ccccc1C)NCc1cccc(CNS(=O)(=O)c2ccc(C(C)N(C)C)cc2)c1. The lowest BCUT2D eigenvalue weighted by Crippen LogP contribution is -2.28. The highest BCUT2D eigenvalue weighted by molar-refractivity contribution is 7.89. The van der Waals surface area contributed by atoms with Gasteiger partial charge in [-0.05, 0) is 92.5 Å². The minimum absolute atomic E-state index is 0.144. The molecule has 3 aromatic rings. The van der Waals surface area contributed by atoms with Crippen molar-refractivity contribution in [2.45, 2.75) is 44.8 Å². The topological polar surface area (TPSA) is 64.7 Å². The Morgan fingerprint density at radius 2 is 1.60 bits per heavy atom. The third-order valence-corrected chi connectivity index (χ3v) is 8.99. The number of nitrogens with one attached hydrogen (secondary N) is 2. The van der Waals surface area contributed by atoms with Gasteiger partial charge in [0, 0.05) is 26.2 Å². The molecule has 1 unspecified atom stereocenters. The number of allylic oxidation sites excluding steroid dienone is 5. The van der Waals surface area contributed by atoms with Gasteiger partial charge in [-0.15, -0.1) is 0 Å². The first-order chi connectivity index (χ1) is 20.3. The van der Waals surface area contributed by atoms with Gasteiger partial charge in [0.25, 0.3) is 0 Å². The predicted octanol–water partition coefficient (Wildman–Crippen LogP) is 7.06. The zero-order chi connectivity index (χ0) is 31.7. The van der Waals surface area contributed by atoms with E-state index in [4.69, 9.17) is 0 Å². The summed E-state index contributed by atoms with van der Waals surface area (Å²) in [7, 11) is 2.06. The van der Waals surface area contributed by atoms with E-state index in [-0.39, 0.29) is 17.5 Å². The maximum Gasteiger partial charge on any atom is 0.240 e. The molecule has 0 heterocycles. The van der Waals surface area contributed by atoms with Crippen molar-refractivity contribution in [3.63, 3.8) is 0 Å². The van der Waals surface area contributed by atoms with E-state index in [1.54, 1.807) is 31.0 Å². The number of sulfonamides is 1. The summed E-state index contributed by atoms with van der Waals surface area (Å²) >= 11 is 0. The second-order valence-corrected chi connectivity index (χ2v) is 12.5. The van der Waals surface area contributed by atoms with Crippen molar-refractivity contribution in [1.29, 1.82) is 0 Å². The monoisotopic (exact) mass is 602 g/mol. The average Bonchev–Trinajstić information content (AvgIpc) is 3.00. The van der Waals surface area contributed by atoms with Gasteiger partial charge < -0.3 is 15.1 Å². The lowest BCUT2D eigenvalue weighted by molar-refractivity contribution is 0.321. The molecule has 6 nitrogen and oxygen atoms in total. The fourth-order valence-electron chi connectivity index (χ4n) is 4.46. The Balaban J connectivity index is 1.76. The minimum Gasteiger partial charge on any atom is -0.367 e. The number of halogens is 1. The molecule has 0 spiro atoms. The van der Waals surface area contributed by atoms with Crippen LogP contribution >= 0.6 is 0 Å². The first kappa shape index (κ1) is 33.5. The maximum absolute atomic E-state index is 14.5. The van der Waals surface area contributed by atoms with Gasteiger partial charge in [0.05, 0.1) is 10.6 Å². The van der Waals surface area contributed by atoms with Crippen LogP contribution in [-0.2, 0) is 23.1 Å². The van der Waals surface area contributed by atoms with E-state index in [1.165, 1.54) is 6.08 Å². The van der Waals surface area contributed by atoms with Crippen LogP contribution in [0.15, 0.2) is 120 Å². The van der Waals surface area contributed by atoms with Crippen molar-refractivity contribution >= 4 is 15.6 Å². The summed E-state index contributed by atoms with van der Waals surface area (Å²) < 4.78 is 43.1. The first-order valence-electron chi connectivity index (χ1n) is 14.1. The van der Waals surface area contributed by atoms with Crippen LogP contribution in [0.1, 0.15) is 47.7 Å². The van der Waals surface area contributed by atoms with Crippen LogP contribution in [0.5, 0.6) is 0 Å². The Hall–Kier alpha value is -3.98. The molecule has 0 aromatic heterocycles. The van der Waals surface area contributed by atoms with Crippen LogP contribution in [0.2, 0.25) is 0 Å². The van der Waals surface area contributed by atoms with E-state index >= 15 is 0 Å². The van der Waals surface area contributed by atoms with E-state index in [0.717, 1.165) is 33.4 Å². The largest absolute Gasteiger partial charge is 0.367 e. The average molecular weight is 603 g/mol. The minimum atomic E-state index is -3.69. The summed E-state index contributed by atoms with van der Waals surface area (Å²) in [6, 6.07) is 22.8. The number of aryl methyl sites for hydroxylation is 1. The molecule has 3 rings (SSSR count). The second-order valence-electron chi connectivity index (χ2n) is 10.8. The summed E-state index contributed by atoms with van der Waals surface area (Å²) in [6.07, 6.45) is 3.08. The molecule has 0 saturated heterocycles. The van der Waals surface area contributed by atoms with Gasteiger partial charge in [0.15, 0.2) is 0 Å². The summed E-state index contributed by atoms with van der Waals surface area (Å²) in [5, 5.41) is 3.41. The maximum atomic E-state index is 14.5. The zero-order valence-electron chi connectivity index (χ0n) is 26.0. The molecule has 0 amide bonds. The second kappa shape index (κ2) is 15.0. The van der Waals surface area contributed by atoms with Crippen molar-refractivity contribution < 1.29 is 12.8 Å². The Morgan fingerprint density at radius 1 is 0.977 bits per heavy atom. The van der Waals surface area contributed by atoms with Crippen molar-refractivity contribution in [2.24, 2.45) is 0 Å². The first-order valence-corrected chi connectivity index (χ1v) is 15.6. The van der Waals surface area contributed by atoms with Gasteiger partial charge in [0.1, 0.15) is 11.6 Å². The number of nitrogens with zero attached hydrogens (tertiary/aromatic N) is 2. The van der Waals surface area contributed by atoms with Crippen molar-refractivity contribution in [2.75, 3.05) is 21.1 Å². The molecule has 0 saturated carbocycles. The fourth-order valence-corrected chi connectivity index (χ4v) is 5.48. The molecule has 228 valence electrons. The van der Waals surface area contributed by atoms with Crippen LogP contribution in [0.25, 0.3) is 5.57 Å². The molecule has 0 aliphatic heterocycles. The molecule has 3 aromatic carbocycles. The van der Waals surface area contributed by atoms with Crippen LogP contribution < -0.4 is 10.0 Å². The van der Waals surface area contributed by atoms with Gasteiger partial charge in [-0.1, -0.05) is 73.8 Å². The van der Waals surface area contributed by atoms with Gasteiger partial charge in [-0.3, -0.25) is 0 Å². The molecule has 0 radical (unpaired) electrons. The number of hydrogen-bond acceptors (Lipinski definition) is 5. The molecular weight excluding hydrogens is 559 g/mol. The van der Waals surface area contributed by atoms with Crippen molar-refractivity contribution in [3.8, 4) is 0 Å². The molecule has 0 aliphatic rings. The van der Waals surface area contributed by atoms with Crippen molar-refractivity contribution in [3.05, 3.63) is 143 Å². The molecule has 2 N–H and O–H groups in total. The molecule has 0 fully saturated rings. The molecule has 8 heteroatoms. The summed E-state index contributed by atoms with van der Waals surface area (Å²) in [4.78, 5) is 4.02. The predicted molar refractivity (Wildman–Crippen MR) is 176 cm³/mol. The van der Waals surface area contributed by atoms with E-state index in [9.17, 15) is 12.8 Å². The van der Waals surface area contributed by atoms with E-state index in [0.29, 0.717) is 18.1 Å². The highest BCUT2D eigenvalue weighted by Crippen LogP contribution is 2.23. The number of hydrogen-bond donors (Lipinski definition) is 2. The molecule has 0 aliphatic carbocycles. The standard InChI is InChI=1S/C35H43FN4O2S/c1-9-34(36)28(5)40(8)35(21-26(3)33-16-11-10-13-25(33)2)37-23-29-14-12-15-30(22-29)24-38-43(41,42)32-19-17-31(18-20-32)27(4)39(6)7/h9-22,27,37-38H,1,3,23-24H2,2,4-8H3/b34-28+,35-21-. The van der Waals surface area contributed by atoms with Crippen LogP contribution in [0, 0.1) is 6.92 Å². The van der Waals surface area contributed by atoms with Gasteiger partial charge in [-0.25, -0.2) is 17.5 Å². The van der Waals surface area contributed by atoms with Crippen LogP contribution in [0.4, 0.5) is 4.39 Å². The zero-order valence-corrected chi connectivity index (χ0v) is 26.8. The third kappa shape index (κ3) is 9.00. The number of benzene rings is 3.